The zero-order valence-electron chi connectivity index (χ0n) is 15.5. The van der Waals surface area contributed by atoms with Crippen LogP contribution >= 0.6 is 0 Å². The number of amides is 2. The van der Waals surface area contributed by atoms with E-state index in [0.29, 0.717) is 17.8 Å². The molecule has 2 bridgehead atoms. The van der Waals surface area contributed by atoms with Crippen LogP contribution in [-0.4, -0.2) is 44.4 Å². The number of benzene rings is 1. The first-order chi connectivity index (χ1) is 12.7. The van der Waals surface area contributed by atoms with E-state index in [4.69, 9.17) is 0 Å². The fourth-order valence-electron chi connectivity index (χ4n) is 3.78. The van der Waals surface area contributed by atoms with Crippen molar-refractivity contribution in [1.82, 2.24) is 15.4 Å². The molecule has 3 atom stereocenters. The van der Waals surface area contributed by atoms with Gasteiger partial charge in [-0.1, -0.05) is 0 Å². The van der Waals surface area contributed by atoms with Crippen LogP contribution in [0.4, 0.5) is 5.69 Å². The molecule has 27 heavy (non-hydrogen) atoms. The van der Waals surface area contributed by atoms with E-state index in [2.05, 4.69) is 20.7 Å². The largest absolute Gasteiger partial charge is 0.352 e. The topological polar surface area (TPSA) is 116 Å². The molecular weight excluding hydrogens is 368 g/mol. The average Bonchev–Trinajstić information content (AvgIpc) is 2.93. The quantitative estimate of drug-likeness (QED) is 0.567. The van der Waals surface area contributed by atoms with Gasteiger partial charge in [0.15, 0.2) is 0 Å². The van der Waals surface area contributed by atoms with E-state index >= 15 is 0 Å². The summed E-state index contributed by atoms with van der Waals surface area (Å²) in [6.07, 6.45) is 4.03. The normalized spacial score (nSPS) is 25.6. The summed E-state index contributed by atoms with van der Waals surface area (Å²) in [7, 11) is -3.84. The molecule has 2 heterocycles. The minimum atomic E-state index is -3.84. The van der Waals surface area contributed by atoms with Crippen LogP contribution in [0, 0.1) is 0 Å². The molecule has 0 saturated carbocycles. The zero-order chi connectivity index (χ0) is 19.6. The van der Waals surface area contributed by atoms with E-state index in [0.717, 1.165) is 25.7 Å². The Morgan fingerprint density at radius 3 is 2.26 bits per heavy atom. The Balaban J connectivity index is 1.57. The van der Waals surface area contributed by atoms with Crippen LogP contribution in [0.2, 0.25) is 0 Å². The highest BCUT2D eigenvalue weighted by atomic mass is 32.2. The van der Waals surface area contributed by atoms with Gasteiger partial charge in [-0.05, 0) is 56.9 Å². The zero-order valence-corrected chi connectivity index (χ0v) is 16.3. The van der Waals surface area contributed by atoms with Gasteiger partial charge in [-0.25, -0.2) is 8.42 Å². The van der Waals surface area contributed by atoms with Crippen LogP contribution in [0.25, 0.3) is 0 Å². The highest BCUT2D eigenvalue weighted by molar-refractivity contribution is 7.89. The van der Waals surface area contributed by atoms with Crippen LogP contribution in [0.5, 0.6) is 0 Å². The number of fused-ring (bicyclic) bond motifs is 2. The highest BCUT2D eigenvalue weighted by Gasteiger charge is 2.34. The summed E-state index contributed by atoms with van der Waals surface area (Å²) in [6.45, 7) is 2.91. The molecular formula is C18H26N4O4S. The first-order valence-electron chi connectivity index (χ1n) is 9.19. The minimum Gasteiger partial charge on any atom is -0.352 e. The molecule has 2 amide bonds. The molecule has 148 valence electrons. The monoisotopic (exact) mass is 394 g/mol. The van der Waals surface area contributed by atoms with Gasteiger partial charge in [-0.3, -0.25) is 9.59 Å². The summed E-state index contributed by atoms with van der Waals surface area (Å²) in [4.78, 5) is 23.5. The molecule has 3 rings (SSSR count). The molecule has 3 unspecified atom stereocenters. The summed E-state index contributed by atoms with van der Waals surface area (Å²) in [5.74, 6) is -0.555. The van der Waals surface area contributed by atoms with Gasteiger partial charge in [0.25, 0.3) is 0 Å². The Morgan fingerprint density at radius 2 is 1.70 bits per heavy atom. The molecule has 8 nitrogen and oxygen atoms in total. The van der Waals surface area contributed by atoms with Gasteiger partial charge in [0.05, 0.1) is 10.9 Å². The summed E-state index contributed by atoms with van der Waals surface area (Å²) in [6, 6.07) is 5.90. The first-order valence-corrected chi connectivity index (χ1v) is 10.7. The number of hydrogen-bond donors (Lipinski definition) is 4. The van der Waals surface area contributed by atoms with Crippen molar-refractivity contribution in [1.29, 1.82) is 0 Å². The Morgan fingerprint density at radius 1 is 1.11 bits per heavy atom. The number of anilines is 1. The van der Waals surface area contributed by atoms with Crippen LogP contribution in [0.1, 0.15) is 39.5 Å². The molecule has 4 N–H and O–H groups in total. The molecule has 0 aliphatic carbocycles. The third kappa shape index (κ3) is 5.06. The lowest BCUT2D eigenvalue weighted by Gasteiger charge is -2.30. The third-order valence-corrected chi connectivity index (χ3v) is 6.59. The van der Waals surface area contributed by atoms with Crippen molar-refractivity contribution in [2.45, 2.75) is 68.6 Å². The van der Waals surface area contributed by atoms with Crippen molar-refractivity contribution in [2.75, 3.05) is 5.32 Å². The molecule has 1 aromatic rings. The fraction of sp³-hybridized carbons (Fsp3) is 0.556. The van der Waals surface area contributed by atoms with Gasteiger partial charge < -0.3 is 16.0 Å². The number of rotatable bonds is 6. The van der Waals surface area contributed by atoms with E-state index < -0.39 is 16.1 Å². The molecule has 9 heteroatoms. The van der Waals surface area contributed by atoms with Crippen LogP contribution in [0.3, 0.4) is 0 Å². The lowest BCUT2D eigenvalue weighted by atomic mass is 9.99. The molecule has 2 aliphatic heterocycles. The SMILES string of the molecule is CC(=O)Nc1ccc(S(=O)(=O)NC(C)C(=O)NC2CC3CCC(C2)N3)cc1. The molecule has 0 radical (unpaired) electrons. The second-order valence-electron chi connectivity index (χ2n) is 7.36. The van der Waals surface area contributed by atoms with Gasteiger partial charge >= 0.3 is 0 Å². The smallest absolute Gasteiger partial charge is 0.241 e. The predicted molar refractivity (Wildman–Crippen MR) is 102 cm³/mol. The fourth-order valence-corrected chi connectivity index (χ4v) is 4.98. The summed E-state index contributed by atoms with van der Waals surface area (Å²) >= 11 is 0. The second kappa shape index (κ2) is 7.95. The maximum absolute atomic E-state index is 12.5. The van der Waals surface area contributed by atoms with Crippen LogP contribution in [-0.2, 0) is 19.6 Å². The summed E-state index contributed by atoms with van der Waals surface area (Å²) < 4.78 is 27.4. The molecule has 0 aromatic heterocycles. The van der Waals surface area contributed by atoms with E-state index in [1.807, 2.05) is 0 Å². The second-order valence-corrected chi connectivity index (χ2v) is 9.08. The van der Waals surface area contributed by atoms with Crippen molar-refractivity contribution in [3.8, 4) is 0 Å². The molecule has 0 spiro atoms. The van der Waals surface area contributed by atoms with Crippen molar-refractivity contribution in [2.24, 2.45) is 0 Å². The van der Waals surface area contributed by atoms with Crippen molar-refractivity contribution < 1.29 is 18.0 Å². The number of carbonyl (C=O) groups is 2. The van der Waals surface area contributed by atoms with E-state index in [9.17, 15) is 18.0 Å². The molecule has 1 aromatic carbocycles. The van der Waals surface area contributed by atoms with Gasteiger partial charge in [0.2, 0.25) is 21.8 Å². The summed E-state index contributed by atoms with van der Waals surface area (Å²) in [5, 5.41) is 9.06. The van der Waals surface area contributed by atoms with Gasteiger partial charge in [-0.2, -0.15) is 4.72 Å². The predicted octanol–water partition coefficient (Wildman–Crippen LogP) is 0.711. The lowest BCUT2D eigenvalue weighted by molar-refractivity contribution is -0.123. The van der Waals surface area contributed by atoms with Crippen molar-refractivity contribution in [3.63, 3.8) is 0 Å². The Bertz CT molecular complexity index is 797. The van der Waals surface area contributed by atoms with E-state index in [-0.39, 0.29) is 22.8 Å². The average molecular weight is 394 g/mol. The molecule has 2 saturated heterocycles. The van der Waals surface area contributed by atoms with Crippen LogP contribution in [0.15, 0.2) is 29.2 Å². The van der Waals surface area contributed by atoms with Gasteiger partial charge in [-0.15, -0.1) is 0 Å². The number of piperidine rings is 1. The highest BCUT2D eigenvalue weighted by Crippen LogP contribution is 2.26. The van der Waals surface area contributed by atoms with Gasteiger partial charge in [0, 0.05) is 30.7 Å². The maximum atomic E-state index is 12.5. The number of nitrogens with one attached hydrogen (secondary N) is 4. The maximum Gasteiger partial charge on any atom is 0.241 e. The van der Waals surface area contributed by atoms with Crippen LogP contribution < -0.4 is 20.7 Å². The first kappa shape index (κ1) is 19.8. The van der Waals surface area contributed by atoms with E-state index in [1.54, 1.807) is 0 Å². The van der Waals surface area contributed by atoms with Gasteiger partial charge in [0.1, 0.15) is 0 Å². The Hall–Kier alpha value is -1.97. The lowest BCUT2D eigenvalue weighted by Crippen LogP contribution is -2.52. The number of hydrogen-bond acceptors (Lipinski definition) is 5. The summed E-state index contributed by atoms with van der Waals surface area (Å²) in [5.41, 5.74) is 0.507. The Labute approximate surface area is 159 Å². The Kier molecular flexibility index (Phi) is 5.83. The van der Waals surface area contributed by atoms with Crippen molar-refractivity contribution in [3.05, 3.63) is 24.3 Å². The standard InChI is InChI=1S/C18H26N4O4S/c1-11(18(24)21-16-9-14-3-4-15(10-16)20-14)22-27(25,26)17-7-5-13(6-8-17)19-12(2)23/h5-8,11,14-16,20,22H,3-4,9-10H2,1-2H3,(H,19,23)(H,21,24). The van der Waals surface area contributed by atoms with Crippen molar-refractivity contribution >= 4 is 27.5 Å². The van der Waals surface area contributed by atoms with E-state index in [1.165, 1.54) is 38.1 Å². The number of sulfonamides is 1. The molecule has 2 fully saturated rings. The number of carbonyl (C=O) groups excluding carboxylic acids is 2. The third-order valence-electron chi connectivity index (χ3n) is 5.03. The molecule has 2 aliphatic rings. The minimum absolute atomic E-state index is 0.0381.